The van der Waals surface area contributed by atoms with Gasteiger partial charge in [-0.05, 0) is 36.8 Å². The fourth-order valence-corrected chi connectivity index (χ4v) is 4.25. The topological polar surface area (TPSA) is 59.8 Å². The molecule has 29 heavy (non-hydrogen) atoms. The molecule has 1 aliphatic carbocycles. The molecule has 0 bridgehead atoms. The molecule has 2 atom stereocenters. The molecule has 0 spiro atoms. The average Bonchev–Trinajstić information content (AvgIpc) is 3.25. The van der Waals surface area contributed by atoms with E-state index in [1.54, 1.807) is 10.9 Å². The molecule has 1 heterocycles. The summed E-state index contributed by atoms with van der Waals surface area (Å²) in [6, 6.07) is 21.1. The van der Waals surface area contributed by atoms with E-state index < -0.39 is 0 Å². The predicted octanol–water partition coefficient (Wildman–Crippen LogP) is 4.37. The zero-order valence-electron chi connectivity index (χ0n) is 16.7. The lowest BCUT2D eigenvalue weighted by Gasteiger charge is -2.32. The van der Waals surface area contributed by atoms with Gasteiger partial charge >= 0.3 is 0 Å². The number of amides is 1. The lowest BCUT2D eigenvalue weighted by Crippen LogP contribution is -2.41. The van der Waals surface area contributed by atoms with E-state index in [0.29, 0.717) is 11.6 Å². The lowest BCUT2D eigenvalue weighted by molar-refractivity contribution is 0.0915. The van der Waals surface area contributed by atoms with E-state index in [-0.39, 0.29) is 11.9 Å². The minimum absolute atomic E-state index is 0.118. The van der Waals surface area contributed by atoms with Crippen molar-refractivity contribution in [2.75, 3.05) is 0 Å². The van der Waals surface area contributed by atoms with Crippen LogP contribution in [0.25, 0.3) is 0 Å². The van der Waals surface area contributed by atoms with Gasteiger partial charge in [0.05, 0.1) is 6.20 Å². The van der Waals surface area contributed by atoms with Crippen molar-refractivity contribution in [1.29, 1.82) is 0 Å². The molecule has 1 N–H and O–H groups in total. The van der Waals surface area contributed by atoms with Gasteiger partial charge in [-0.15, -0.1) is 5.10 Å². The molecule has 1 aromatic heterocycles. The first kappa shape index (κ1) is 19.4. The number of benzene rings is 2. The van der Waals surface area contributed by atoms with Gasteiger partial charge in [-0.1, -0.05) is 78.7 Å². The average molecular weight is 389 g/mol. The number of aryl methyl sites for hydroxylation is 2. The fraction of sp³-hybridized carbons (Fsp3) is 0.375. The van der Waals surface area contributed by atoms with Crippen LogP contribution in [0.4, 0.5) is 0 Å². The first-order chi connectivity index (χ1) is 14.3. The summed E-state index contributed by atoms with van der Waals surface area (Å²) >= 11 is 0. The Bertz CT molecular complexity index is 907. The highest BCUT2D eigenvalue weighted by molar-refractivity contribution is 5.92. The molecule has 1 saturated carbocycles. The molecule has 0 saturated heterocycles. The molecule has 0 radical (unpaired) electrons. The summed E-state index contributed by atoms with van der Waals surface area (Å²) in [5.41, 5.74) is 3.03. The summed E-state index contributed by atoms with van der Waals surface area (Å²) < 4.78 is 1.77. The fourth-order valence-electron chi connectivity index (χ4n) is 4.25. The number of carbonyl (C=O) groups is 1. The molecular formula is C24H28N4O. The lowest BCUT2D eigenvalue weighted by atomic mass is 9.80. The van der Waals surface area contributed by atoms with Gasteiger partial charge in [0, 0.05) is 18.5 Å². The minimum Gasteiger partial charge on any atom is -0.347 e. The Kier molecular flexibility index (Phi) is 6.35. The van der Waals surface area contributed by atoms with Crippen LogP contribution in [0.1, 0.15) is 59.6 Å². The van der Waals surface area contributed by atoms with Crippen molar-refractivity contribution in [1.82, 2.24) is 20.3 Å². The number of hydrogen-bond acceptors (Lipinski definition) is 3. The summed E-state index contributed by atoms with van der Waals surface area (Å²) in [6.07, 6.45) is 8.21. The highest BCUT2D eigenvalue weighted by atomic mass is 16.2. The van der Waals surface area contributed by atoms with Gasteiger partial charge in [-0.2, -0.15) is 0 Å². The zero-order valence-corrected chi connectivity index (χ0v) is 16.7. The molecule has 150 valence electrons. The van der Waals surface area contributed by atoms with Gasteiger partial charge in [-0.25, -0.2) is 0 Å². The third-order valence-corrected chi connectivity index (χ3v) is 5.78. The van der Waals surface area contributed by atoms with Crippen LogP contribution in [-0.4, -0.2) is 26.9 Å². The molecule has 1 aliphatic rings. The van der Waals surface area contributed by atoms with Crippen molar-refractivity contribution >= 4 is 5.91 Å². The van der Waals surface area contributed by atoms with Crippen molar-refractivity contribution in [3.05, 3.63) is 83.7 Å². The van der Waals surface area contributed by atoms with Crippen molar-refractivity contribution in [2.24, 2.45) is 0 Å². The number of carbonyl (C=O) groups excluding carboxylic acids is 1. The summed E-state index contributed by atoms with van der Waals surface area (Å²) in [6.45, 7) is 0.755. The second-order valence-corrected chi connectivity index (χ2v) is 7.84. The standard InChI is InChI=1S/C24H28N4O/c29-24(25-22-16-8-7-15-21(22)20-13-5-2-6-14-20)23-18-28(27-26-23)17-9-12-19-10-3-1-4-11-19/h1-6,10-11,13-14,18,21-22H,7-9,12,15-17H2,(H,25,29)/t21-,22+/m0/s1. The Hall–Kier alpha value is -2.95. The summed E-state index contributed by atoms with van der Waals surface area (Å²) in [5, 5.41) is 11.5. The molecule has 1 fully saturated rings. The van der Waals surface area contributed by atoms with Gasteiger partial charge in [0.25, 0.3) is 5.91 Å². The molecule has 2 aromatic carbocycles. The molecule has 1 amide bonds. The smallest absolute Gasteiger partial charge is 0.273 e. The van der Waals surface area contributed by atoms with Gasteiger partial charge in [-0.3, -0.25) is 9.48 Å². The number of rotatable bonds is 7. The maximum absolute atomic E-state index is 12.8. The Balaban J connectivity index is 1.33. The number of nitrogens with one attached hydrogen (secondary N) is 1. The van der Waals surface area contributed by atoms with Crippen molar-refractivity contribution in [3.8, 4) is 0 Å². The normalized spacial score (nSPS) is 19.0. The third kappa shape index (κ3) is 5.11. The predicted molar refractivity (Wildman–Crippen MR) is 114 cm³/mol. The maximum Gasteiger partial charge on any atom is 0.273 e. The van der Waals surface area contributed by atoms with Gasteiger partial charge in [0.15, 0.2) is 5.69 Å². The molecule has 5 nitrogen and oxygen atoms in total. The van der Waals surface area contributed by atoms with E-state index in [1.807, 2.05) is 12.1 Å². The van der Waals surface area contributed by atoms with Crippen molar-refractivity contribution in [2.45, 2.75) is 57.0 Å². The molecule has 4 rings (SSSR count). The SMILES string of the molecule is O=C(N[C@@H]1CCCC[C@H]1c1ccccc1)c1cn(CCCc2ccccc2)nn1. The maximum atomic E-state index is 12.8. The van der Waals surface area contributed by atoms with Crippen LogP contribution in [-0.2, 0) is 13.0 Å². The second-order valence-electron chi connectivity index (χ2n) is 7.84. The van der Waals surface area contributed by atoms with E-state index in [4.69, 9.17) is 0 Å². The van der Waals surface area contributed by atoms with Crippen LogP contribution in [0.15, 0.2) is 66.9 Å². The summed E-state index contributed by atoms with van der Waals surface area (Å²) in [7, 11) is 0. The molecule has 5 heteroatoms. The Morgan fingerprint density at radius 1 is 1.00 bits per heavy atom. The van der Waals surface area contributed by atoms with Gasteiger partial charge in [0.1, 0.15) is 0 Å². The van der Waals surface area contributed by atoms with Gasteiger partial charge in [0.2, 0.25) is 0 Å². The quantitative estimate of drug-likeness (QED) is 0.654. The highest BCUT2D eigenvalue weighted by Crippen LogP contribution is 2.33. The Morgan fingerprint density at radius 2 is 1.72 bits per heavy atom. The van der Waals surface area contributed by atoms with Crippen LogP contribution >= 0.6 is 0 Å². The van der Waals surface area contributed by atoms with E-state index in [9.17, 15) is 4.79 Å². The van der Waals surface area contributed by atoms with Crippen LogP contribution in [0.5, 0.6) is 0 Å². The molecular weight excluding hydrogens is 360 g/mol. The van der Waals surface area contributed by atoms with Crippen LogP contribution in [0.2, 0.25) is 0 Å². The molecule has 0 aliphatic heterocycles. The van der Waals surface area contributed by atoms with E-state index in [0.717, 1.165) is 38.6 Å². The molecule has 3 aromatic rings. The summed E-state index contributed by atoms with van der Waals surface area (Å²) in [5.74, 6) is 0.252. The van der Waals surface area contributed by atoms with Crippen molar-refractivity contribution in [3.63, 3.8) is 0 Å². The Morgan fingerprint density at radius 3 is 2.52 bits per heavy atom. The van der Waals surface area contributed by atoms with Crippen LogP contribution in [0, 0.1) is 0 Å². The largest absolute Gasteiger partial charge is 0.347 e. The monoisotopic (exact) mass is 388 g/mol. The first-order valence-electron chi connectivity index (χ1n) is 10.6. The minimum atomic E-state index is -0.118. The van der Waals surface area contributed by atoms with E-state index in [1.165, 1.54) is 17.5 Å². The van der Waals surface area contributed by atoms with Crippen LogP contribution in [0.3, 0.4) is 0 Å². The highest BCUT2D eigenvalue weighted by Gasteiger charge is 2.28. The number of aromatic nitrogens is 3. The van der Waals surface area contributed by atoms with E-state index in [2.05, 4.69) is 64.2 Å². The zero-order chi connectivity index (χ0) is 19.9. The summed E-state index contributed by atoms with van der Waals surface area (Å²) in [4.78, 5) is 12.8. The molecule has 0 unspecified atom stereocenters. The number of nitrogens with zero attached hydrogens (tertiary/aromatic N) is 3. The first-order valence-corrected chi connectivity index (χ1v) is 10.6. The Labute approximate surface area is 172 Å². The van der Waals surface area contributed by atoms with Gasteiger partial charge < -0.3 is 5.32 Å². The number of hydrogen-bond donors (Lipinski definition) is 1. The van der Waals surface area contributed by atoms with Crippen LogP contribution < -0.4 is 5.32 Å². The van der Waals surface area contributed by atoms with E-state index >= 15 is 0 Å². The van der Waals surface area contributed by atoms with Crippen molar-refractivity contribution < 1.29 is 4.79 Å². The third-order valence-electron chi connectivity index (χ3n) is 5.78. The second kappa shape index (κ2) is 9.50.